The number of hydrogen-bond donors (Lipinski definition) is 1. The van der Waals surface area contributed by atoms with Gasteiger partial charge in [-0.05, 0) is 36.6 Å². The molecule has 0 aliphatic heterocycles. The van der Waals surface area contributed by atoms with Crippen LogP contribution in [0.1, 0.15) is 24.8 Å². The van der Waals surface area contributed by atoms with Crippen LogP contribution in [0.15, 0.2) is 18.2 Å². The summed E-state index contributed by atoms with van der Waals surface area (Å²) in [6.45, 7) is 1.76. The van der Waals surface area contributed by atoms with Crippen molar-refractivity contribution in [1.29, 1.82) is 0 Å². The van der Waals surface area contributed by atoms with Gasteiger partial charge in [0.15, 0.2) is 11.6 Å². The standard InChI is InChI=1S/C13H18FNO/c1-16-13-5-4-11(8-12(13)14)9-15-7-6-10-2-3-10/h4-5,8,10,15H,2-3,6-7,9H2,1H3. The number of nitrogens with one attached hydrogen (secondary N) is 1. The third-order valence-electron chi connectivity index (χ3n) is 2.97. The summed E-state index contributed by atoms with van der Waals surface area (Å²) in [5.74, 6) is 0.964. The van der Waals surface area contributed by atoms with Crippen LogP contribution in [0.5, 0.6) is 5.75 Å². The van der Waals surface area contributed by atoms with Crippen molar-refractivity contribution in [1.82, 2.24) is 5.32 Å². The summed E-state index contributed by atoms with van der Waals surface area (Å²) < 4.78 is 18.2. The fraction of sp³-hybridized carbons (Fsp3) is 0.538. The summed E-state index contributed by atoms with van der Waals surface area (Å²) in [5, 5.41) is 3.33. The van der Waals surface area contributed by atoms with Crippen molar-refractivity contribution in [3.63, 3.8) is 0 Å². The molecule has 0 heterocycles. The summed E-state index contributed by atoms with van der Waals surface area (Å²) in [4.78, 5) is 0. The first-order valence-electron chi connectivity index (χ1n) is 5.82. The lowest BCUT2D eigenvalue weighted by Gasteiger charge is -2.06. The van der Waals surface area contributed by atoms with Crippen molar-refractivity contribution < 1.29 is 9.13 Å². The molecule has 88 valence electrons. The van der Waals surface area contributed by atoms with E-state index in [9.17, 15) is 4.39 Å². The number of halogens is 1. The van der Waals surface area contributed by atoms with Crippen molar-refractivity contribution >= 4 is 0 Å². The van der Waals surface area contributed by atoms with Crippen LogP contribution < -0.4 is 10.1 Å². The highest BCUT2D eigenvalue weighted by atomic mass is 19.1. The minimum Gasteiger partial charge on any atom is -0.494 e. The van der Waals surface area contributed by atoms with E-state index >= 15 is 0 Å². The quantitative estimate of drug-likeness (QED) is 0.749. The largest absolute Gasteiger partial charge is 0.494 e. The lowest BCUT2D eigenvalue weighted by Crippen LogP contribution is -2.15. The van der Waals surface area contributed by atoms with Crippen LogP contribution in [0.3, 0.4) is 0 Å². The Morgan fingerprint density at radius 3 is 2.88 bits per heavy atom. The maximum atomic E-state index is 13.3. The summed E-state index contributed by atoms with van der Waals surface area (Å²) in [6, 6.07) is 5.10. The summed E-state index contributed by atoms with van der Waals surface area (Å²) in [5.41, 5.74) is 0.967. The average Bonchev–Trinajstić information content (AvgIpc) is 3.08. The predicted octanol–water partition coefficient (Wildman–Crippen LogP) is 2.72. The zero-order chi connectivity index (χ0) is 11.4. The van der Waals surface area contributed by atoms with Gasteiger partial charge in [-0.1, -0.05) is 18.9 Å². The summed E-state index contributed by atoms with van der Waals surface area (Å²) >= 11 is 0. The molecule has 1 aliphatic rings. The van der Waals surface area contributed by atoms with Crippen molar-refractivity contribution in [3.8, 4) is 5.75 Å². The maximum absolute atomic E-state index is 13.3. The molecule has 1 N–H and O–H groups in total. The van der Waals surface area contributed by atoms with Crippen LogP contribution >= 0.6 is 0 Å². The molecule has 0 spiro atoms. The molecule has 2 nitrogen and oxygen atoms in total. The van der Waals surface area contributed by atoms with Gasteiger partial charge >= 0.3 is 0 Å². The monoisotopic (exact) mass is 223 g/mol. The van der Waals surface area contributed by atoms with Gasteiger partial charge in [0.05, 0.1) is 7.11 Å². The molecule has 1 saturated carbocycles. The summed E-state index contributed by atoms with van der Waals surface area (Å²) in [6.07, 6.45) is 4.02. The van der Waals surface area contributed by atoms with E-state index in [-0.39, 0.29) is 5.82 Å². The Morgan fingerprint density at radius 2 is 2.25 bits per heavy atom. The maximum Gasteiger partial charge on any atom is 0.165 e. The minimum absolute atomic E-state index is 0.288. The molecular formula is C13H18FNO. The van der Waals surface area contributed by atoms with Gasteiger partial charge in [-0.25, -0.2) is 4.39 Å². The third kappa shape index (κ3) is 3.20. The Bertz CT molecular complexity index is 350. The molecule has 3 heteroatoms. The van der Waals surface area contributed by atoms with Crippen molar-refractivity contribution in [2.45, 2.75) is 25.8 Å². The normalized spacial score (nSPS) is 15.1. The van der Waals surface area contributed by atoms with Gasteiger partial charge in [0.25, 0.3) is 0 Å². The molecule has 1 aromatic rings. The highest BCUT2D eigenvalue weighted by Gasteiger charge is 2.19. The lowest BCUT2D eigenvalue weighted by atomic mass is 10.2. The molecule has 0 bridgehead atoms. The van der Waals surface area contributed by atoms with Crippen molar-refractivity contribution in [2.75, 3.05) is 13.7 Å². The number of benzene rings is 1. The number of hydrogen-bond acceptors (Lipinski definition) is 2. The molecule has 0 radical (unpaired) electrons. The molecule has 0 atom stereocenters. The molecule has 0 saturated heterocycles. The molecule has 0 amide bonds. The number of rotatable bonds is 6. The van der Waals surface area contributed by atoms with Crippen LogP contribution in [0.25, 0.3) is 0 Å². The van der Waals surface area contributed by atoms with Gasteiger partial charge in [0.1, 0.15) is 0 Å². The number of methoxy groups -OCH3 is 1. The topological polar surface area (TPSA) is 21.3 Å². The smallest absolute Gasteiger partial charge is 0.165 e. The van der Waals surface area contributed by atoms with E-state index in [0.717, 1.165) is 24.6 Å². The van der Waals surface area contributed by atoms with Gasteiger partial charge < -0.3 is 10.1 Å². The molecule has 2 rings (SSSR count). The SMILES string of the molecule is COc1ccc(CNCCC2CC2)cc1F. The van der Waals surface area contributed by atoms with E-state index in [4.69, 9.17) is 4.74 Å². The Morgan fingerprint density at radius 1 is 1.44 bits per heavy atom. The Hall–Kier alpha value is -1.09. The molecule has 1 fully saturated rings. The van der Waals surface area contributed by atoms with Crippen LogP contribution in [-0.4, -0.2) is 13.7 Å². The van der Waals surface area contributed by atoms with E-state index in [1.54, 1.807) is 6.07 Å². The van der Waals surface area contributed by atoms with Gasteiger partial charge in [0.2, 0.25) is 0 Å². The molecule has 0 aromatic heterocycles. The Kier molecular flexibility index (Phi) is 3.78. The van der Waals surface area contributed by atoms with Crippen molar-refractivity contribution in [3.05, 3.63) is 29.6 Å². The average molecular weight is 223 g/mol. The zero-order valence-electron chi connectivity index (χ0n) is 9.63. The second kappa shape index (κ2) is 5.30. The first-order valence-corrected chi connectivity index (χ1v) is 5.82. The molecule has 1 aromatic carbocycles. The summed E-state index contributed by atoms with van der Waals surface area (Å²) in [7, 11) is 1.48. The van der Waals surface area contributed by atoms with Crippen LogP contribution in [0, 0.1) is 11.7 Å². The third-order valence-corrected chi connectivity index (χ3v) is 2.97. The lowest BCUT2D eigenvalue weighted by molar-refractivity contribution is 0.386. The first-order chi connectivity index (χ1) is 7.79. The fourth-order valence-corrected chi connectivity index (χ4v) is 1.77. The van der Waals surface area contributed by atoms with Gasteiger partial charge in [-0.3, -0.25) is 0 Å². The van der Waals surface area contributed by atoms with E-state index in [1.807, 2.05) is 6.07 Å². The van der Waals surface area contributed by atoms with Crippen LogP contribution in [-0.2, 0) is 6.54 Å². The van der Waals surface area contributed by atoms with Crippen molar-refractivity contribution in [2.24, 2.45) is 5.92 Å². The highest BCUT2D eigenvalue weighted by molar-refractivity contribution is 5.29. The second-order valence-electron chi connectivity index (χ2n) is 4.38. The van der Waals surface area contributed by atoms with E-state index < -0.39 is 0 Å². The van der Waals surface area contributed by atoms with Gasteiger partial charge in [0, 0.05) is 6.54 Å². The molecule has 1 aliphatic carbocycles. The predicted molar refractivity (Wildman–Crippen MR) is 62.0 cm³/mol. The minimum atomic E-state index is -0.288. The Balaban J connectivity index is 1.77. The first kappa shape index (κ1) is 11.4. The molecule has 16 heavy (non-hydrogen) atoms. The van der Waals surface area contributed by atoms with E-state index in [1.165, 1.54) is 32.4 Å². The van der Waals surface area contributed by atoms with Gasteiger partial charge in [-0.2, -0.15) is 0 Å². The fourth-order valence-electron chi connectivity index (χ4n) is 1.77. The molecule has 0 unspecified atom stereocenters. The zero-order valence-corrected chi connectivity index (χ0v) is 9.63. The number of ether oxygens (including phenoxy) is 1. The second-order valence-corrected chi connectivity index (χ2v) is 4.38. The Labute approximate surface area is 95.8 Å². The van der Waals surface area contributed by atoms with Crippen LogP contribution in [0.4, 0.5) is 4.39 Å². The van der Waals surface area contributed by atoms with E-state index in [0.29, 0.717) is 5.75 Å². The highest BCUT2D eigenvalue weighted by Crippen LogP contribution is 2.31. The van der Waals surface area contributed by atoms with E-state index in [2.05, 4.69) is 5.32 Å². The molecular weight excluding hydrogens is 205 g/mol. The van der Waals surface area contributed by atoms with Gasteiger partial charge in [-0.15, -0.1) is 0 Å². The van der Waals surface area contributed by atoms with Crippen LogP contribution in [0.2, 0.25) is 0 Å².